The second-order valence-corrected chi connectivity index (χ2v) is 4.58. The summed E-state index contributed by atoms with van der Waals surface area (Å²) in [6, 6.07) is 7.51. The minimum atomic E-state index is -0.808. The second-order valence-electron chi connectivity index (χ2n) is 3.52. The normalized spacial score (nSPS) is 10.3. The summed E-state index contributed by atoms with van der Waals surface area (Å²) in [5, 5.41) is 8.65. The highest BCUT2D eigenvalue weighted by Gasteiger charge is 2.05. The van der Waals surface area contributed by atoms with Crippen molar-refractivity contribution in [3.63, 3.8) is 0 Å². The van der Waals surface area contributed by atoms with Crippen LogP contribution in [-0.4, -0.2) is 16.1 Å². The molecule has 0 bridgehead atoms. The fourth-order valence-corrected chi connectivity index (χ4v) is 2.14. The Bertz CT molecular complexity index is 502. The minimum absolute atomic E-state index is 0.0658. The van der Waals surface area contributed by atoms with E-state index in [0.717, 1.165) is 16.8 Å². The van der Waals surface area contributed by atoms with E-state index in [1.807, 2.05) is 36.7 Å². The van der Waals surface area contributed by atoms with Gasteiger partial charge in [-0.3, -0.25) is 4.79 Å². The largest absolute Gasteiger partial charge is 0.481 e. The first kappa shape index (κ1) is 10.8. The number of aliphatic carboxylic acids is 1. The van der Waals surface area contributed by atoms with Crippen LogP contribution < -0.4 is 0 Å². The van der Waals surface area contributed by atoms with Crippen LogP contribution in [0.3, 0.4) is 0 Å². The van der Waals surface area contributed by atoms with Crippen LogP contribution >= 0.6 is 11.3 Å². The Balaban J connectivity index is 2.26. The maximum atomic E-state index is 10.5. The van der Waals surface area contributed by atoms with Crippen LogP contribution in [0.2, 0.25) is 0 Å². The third-order valence-electron chi connectivity index (χ3n) is 2.33. The lowest BCUT2D eigenvalue weighted by Crippen LogP contribution is -1.99. The third kappa shape index (κ3) is 2.28. The van der Waals surface area contributed by atoms with Gasteiger partial charge in [-0.15, -0.1) is 11.3 Å². The molecule has 0 unspecified atom stereocenters. The van der Waals surface area contributed by atoms with Crippen LogP contribution in [0.25, 0.3) is 11.3 Å². The van der Waals surface area contributed by atoms with Crippen molar-refractivity contribution < 1.29 is 9.90 Å². The molecular weight excluding hydrogens is 222 g/mol. The average molecular weight is 233 g/mol. The number of aromatic nitrogens is 1. The van der Waals surface area contributed by atoms with Gasteiger partial charge in [0.2, 0.25) is 0 Å². The molecule has 1 N–H and O–H groups in total. The van der Waals surface area contributed by atoms with Crippen molar-refractivity contribution in [3.05, 3.63) is 40.2 Å². The van der Waals surface area contributed by atoms with Crippen molar-refractivity contribution in [2.24, 2.45) is 0 Å². The van der Waals surface area contributed by atoms with Gasteiger partial charge in [0.05, 0.1) is 17.6 Å². The van der Waals surface area contributed by atoms with E-state index in [0.29, 0.717) is 0 Å². The standard InChI is InChI=1S/C12H11NO2S/c1-8-12(13-7-16-8)10-4-2-9(3-5-10)6-11(14)15/h2-5,7H,6H2,1H3,(H,14,15). The Morgan fingerprint density at radius 1 is 1.38 bits per heavy atom. The number of carboxylic acid groups (broad SMARTS) is 1. The quantitative estimate of drug-likeness (QED) is 0.886. The van der Waals surface area contributed by atoms with Crippen LogP contribution in [0.4, 0.5) is 0 Å². The van der Waals surface area contributed by atoms with Gasteiger partial charge < -0.3 is 5.11 Å². The number of aryl methyl sites for hydroxylation is 1. The zero-order valence-electron chi connectivity index (χ0n) is 8.80. The van der Waals surface area contributed by atoms with Crippen LogP contribution in [0.1, 0.15) is 10.4 Å². The smallest absolute Gasteiger partial charge is 0.307 e. The van der Waals surface area contributed by atoms with Gasteiger partial charge in [0, 0.05) is 10.4 Å². The summed E-state index contributed by atoms with van der Waals surface area (Å²) in [6.45, 7) is 2.03. The SMILES string of the molecule is Cc1scnc1-c1ccc(CC(=O)O)cc1. The van der Waals surface area contributed by atoms with Crippen LogP contribution in [0.5, 0.6) is 0 Å². The van der Waals surface area contributed by atoms with Crippen molar-refractivity contribution in [1.82, 2.24) is 4.98 Å². The molecule has 0 radical (unpaired) electrons. The zero-order valence-corrected chi connectivity index (χ0v) is 9.62. The fourth-order valence-electron chi connectivity index (χ4n) is 1.54. The van der Waals surface area contributed by atoms with E-state index in [4.69, 9.17) is 5.11 Å². The lowest BCUT2D eigenvalue weighted by molar-refractivity contribution is -0.136. The maximum Gasteiger partial charge on any atom is 0.307 e. The number of carbonyl (C=O) groups is 1. The Morgan fingerprint density at radius 2 is 2.06 bits per heavy atom. The van der Waals surface area contributed by atoms with E-state index < -0.39 is 5.97 Å². The molecule has 0 fully saturated rings. The monoisotopic (exact) mass is 233 g/mol. The molecular formula is C12H11NO2S. The molecule has 0 atom stereocenters. The van der Waals surface area contributed by atoms with Gasteiger partial charge in [-0.2, -0.15) is 0 Å². The summed E-state index contributed by atoms with van der Waals surface area (Å²) in [6.07, 6.45) is 0.0658. The predicted octanol–water partition coefficient (Wildman–Crippen LogP) is 2.75. The Kier molecular flexibility index (Phi) is 3.01. The van der Waals surface area contributed by atoms with E-state index in [1.54, 1.807) is 11.3 Å². The molecule has 0 aliphatic rings. The molecule has 1 aromatic carbocycles. The minimum Gasteiger partial charge on any atom is -0.481 e. The summed E-state index contributed by atoms with van der Waals surface area (Å²) in [7, 11) is 0. The lowest BCUT2D eigenvalue weighted by atomic mass is 10.1. The molecule has 1 heterocycles. The van der Waals surface area contributed by atoms with Crippen molar-refractivity contribution in [2.45, 2.75) is 13.3 Å². The highest BCUT2D eigenvalue weighted by atomic mass is 32.1. The molecule has 0 amide bonds. The summed E-state index contributed by atoms with van der Waals surface area (Å²) in [5.74, 6) is -0.808. The van der Waals surface area contributed by atoms with Gasteiger partial charge in [-0.25, -0.2) is 4.98 Å². The van der Waals surface area contributed by atoms with Crippen molar-refractivity contribution in [2.75, 3.05) is 0 Å². The summed E-state index contributed by atoms with van der Waals surface area (Å²) >= 11 is 1.61. The van der Waals surface area contributed by atoms with Gasteiger partial charge in [-0.05, 0) is 12.5 Å². The number of thiazole rings is 1. The molecule has 0 aliphatic heterocycles. The summed E-state index contributed by atoms with van der Waals surface area (Å²) in [4.78, 5) is 16.0. The fraction of sp³-hybridized carbons (Fsp3) is 0.167. The number of hydrogen-bond donors (Lipinski definition) is 1. The summed E-state index contributed by atoms with van der Waals surface area (Å²) in [5.41, 5.74) is 4.64. The topological polar surface area (TPSA) is 50.2 Å². The molecule has 1 aromatic heterocycles. The molecule has 0 aliphatic carbocycles. The van der Waals surface area contributed by atoms with Gasteiger partial charge in [-0.1, -0.05) is 24.3 Å². The van der Waals surface area contributed by atoms with Gasteiger partial charge in [0.25, 0.3) is 0 Å². The lowest BCUT2D eigenvalue weighted by Gasteiger charge is -2.01. The predicted molar refractivity (Wildman–Crippen MR) is 63.6 cm³/mol. The molecule has 0 spiro atoms. The van der Waals surface area contributed by atoms with E-state index in [9.17, 15) is 4.79 Å². The highest BCUT2D eigenvalue weighted by molar-refractivity contribution is 7.10. The molecule has 3 nitrogen and oxygen atoms in total. The molecule has 2 rings (SSSR count). The molecule has 82 valence electrons. The van der Waals surface area contributed by atoms with Crippen LogP contribution in [0, 0.1) is 6.92 Å². The van der Waals surface area contributed by atoms with Crippen LogP contribution in [-0.2, 0) is 11.2 Å². The van der Waals surface area contributed by atoms with Crippen molar-refractivity contribution in [3.8, 4) is 11.3 Å². The van der Waals surface area contributed by atoms with Gasteiger partial charge >= 0.3 is 5.97 Å². The van der Waals surface area contributed by atoms with E-state index >= 15 is 0 Å². The third-order valence-corrected chi connectivity index (χ3v) is 3.09. The highest BCUT2D eigenvalue weighted by Crippen LogP contribution is 2.24. The Labute approximate surface area is 97.4 Å². The second kappa shape index (κ2) is 4.45. The molecule has 2 aromatic rings. The number of rotatable bonds is 3. The molecule has 0 saturated carbocycles. The summed E-state index contributed by atoms with van der Waals surface area (Å²) < 4.78 is 0. The van der Waals surface area contributed by atoms with Gasteiger partial charge in [0.1, 0.15) is 0 Å². The first-order valence-electron chi connectivity index (χ1n) is 4.88. The van der Waals surface area contributed by atoms with E-state index in [1.165, 1.54) is 4.88 Å². The first-order valence-corrected chi connectivity index (χ1v) is 5.76. The van der Waals surface area contributed by atoms with Crippen molar-refractivity contribution in [1.29, 1.82) is 0 Å². The Hall–Kier alpha value is -1.68. The first-order chi connectivity index (χ1) is 7.66. The number of hydrogen-bond acceptors (Lipinski definition) is 3. The van der Waals surface area contributed by atoms with E-state index in [-0.39, 0.29) is 6.42 Å². The van der Waals surface area contributed by atoms with Gasteiger partial charge in [0.15, 0.2) is 0 Å². The molecule has 16 heavy (non-hydrogen) atoms. The molecule has 0 saturated heterocycles. The van der Waals surface area contributed by atoms with Crippen LogP contribution in [0.15, 0.2) is 29.8 Å². The zero-order chi connectivity index (χ0) is 11.5. The Morgan fingerprint density at radius 3 is 2.56 bits per heavy atom. The average Bonchev–Trinajstić information content (AvgIpc) is 2.65. The number of carboxylic acids is 1. The van der Waals surface area contributed by atoms with E-state index in [2.05, 4.69) is 4.98 Å². The maximum absolute atomic E-state index is 10.5. The number of benzene rings is 1. The van der Waals surface area contributed by atoms with Crippen molar-refractivity contribution >= 4 is 17.3 Å². The number of nitrogens with zero attached hydrogens (tertiary/aromatic N) is 1. The molecule has 4 heteroatoms.